The monoisotopic (exact) mass is 207 g/mol. The molecule has 0 saturated carbocycles. The molecule has 0 aliphatic rings. The molecule has 1 N–H and O–H groups in total. The third kappa shape index (κ3) is 3.92. The molecule has 0 aliphatic heterocycles. The number of rotatable bonds is 6. The molecule has 1 unspecified atom stereocenters. The summed E-state index contributed by atoms with van der Waals surface area (Å²) < 4.78 is 5.53. The first kappa shape index (κ1) is 12.1. The van der Waals surface area contributed by atoms with Gasteiger partial charge in [-0.1, -0.05) is 26.0 Å². The van der Waals surface area contributed by atoms with Crippen molar-refractivity contribution in [3.8, 4) is 5.75 Å². The molecule has 0 fully saturated rings. The Hall–Kier alpha value is -1.02. The van der Waals surface area contributed by atoms with E-state index >= 15 is 0 Å². The smallest absolute Gasteiger partial charge is 0.119 e. The van der Waals surface area contributed by atoms with Gasteiger partial charge in [0.25, 0.3) is 0 Å². The minimum absolute atomic E-state index is 0.412. The normalized spacial score (nSPS) is 12.5. The summed E-state index contributed by atoms with van der Waals surface area (Å²) in [5.74, 6) is 0.962. The summed E-state index contributed by atoms with van der Waals surface area (Å²) >= 11 is 0. The third-order valence-corrected chi connectivity index (χ3v) is 2.36. The molecule has 1 rings (SSSR count). The molecule has 15 heavy (non-hydrogen) atoms. The second-order valence-corrected chi connectivity index (χ2v) is 3.70. The van der Waals surface area contributed by atoms with Crippen molar-refractivity contribution in [2.24, 2.45) is 0 Å². The molecule has 0 radical (unpaired) electrons. The van der Waals surface area contributed by atoms with E-state index in [2.05, 4.69) is 38.2 Å². The van der Waals surface area contributed by atoms with Crippen LogP contribution in [-0.2, 0) is 0 Å². The number of hydrogen-bond donors (Lipinski definition) is 1. The number of benzene rings is 1. The summed E-state index contributed by atoms with van der Waals surface area (Å²) in [6.07, 6.45) is 1.05. The van der Waals surface area contributed by atoms with Crippen LogP contribution >= 0.6 is 0 Å². The van der Waals surface area contributed by atoms with Gasteiger partial charge in [-0.2, -0.15) is 0 Å². The minimum atomic E-state index is 0.412. The van der Waals surface area contributed by atoms with Gasteiger partial charge in [0.15, 0.2) is 0 Å². The van der Waals surface area contributed by atoms with Gasteiger partial charge in [0.05, 0.1) is 6.61 Å². The van der Waals surface area contributed by atoms with E-state index in [4.69, 9.17) is 4.74 Å². The quantitative estimate of drug-likeness (QED) is 0.773. The van der Waals surface area contributed by atoms with Crippen LogP contribution in [0.3, 0.4) is 0 Å². The van der Waals surface area contributed by atoms with Gasteiger partial charge in [0, 0.05) is 6.04 Å². The van der Waals surface area contributed by atoms with Crippen molar-refractivity contribution in [1.82, 2.24) is 5.32 Å². The van der Waals surface area contributed by atoms with Crippen molar-refractivity contribution in [3.63, 3.8) is 0 Å². The van der Waals surface area contributed by atoms with Crippen LogP contribution in [0.2, 0.25) is 0 Å². The van der Waals surface area contributed by atoms with Crippen LogP contribution in [0.4, 0.5) is 0 Å². The van der Waals surface area contributed by atoms with E-state index in [0.717, 1.165) is 25.3 Å². The molecular formula is C13H21NO. The van der Waals surface area contributed by atoms with Gasteiger partial charge in [0.2, 0.25) is 0 Å². The second kappa shape index (κ2) is 6.46. The van der Waals surface area contributed by atoms with Crippen LogP contribution in [0, 0.1) is 0 Å². The minimum Gasteiger partial charge on any atom is -0.494 e. The fraction of sp³-hybridized carbons (Fsp3) is 0.538. The van der Waals surface area contributed by atoms with Gasteiger partial charge < -0.3 is 10.1 Å². The lowest BCUT2D eigenvalue weighted by molar-refractivity contribution is 0.317. The summed E-state index contributed by atoms with van der Waals surface area (Å²) in [6.45, 7) is 8.19. The average molecular weight is 207 g/mol. The van der Waals surface area contributed by atoms with E-state index in [1.807, 2.05) is 12.1 Å². The molecular weight excluding hydrogens is 186 g/mol. The Bertz CT molecular complexity index is 268. The van der Waals surface area contributed by atoms with Gasteiger partial charge in [-0.05, 0) is 37.6 Å². The zero-order valence-corrected chi connectivity index (χ0v) is 9.92. The summed E-state index contributed by atoms with van der Waals surface area (Å²) in [6, 6.07) is 8.74. The lowest BCUT2D eigenvalue weighted by Gasteiger charge is -2.13. The Morgan fingerprint density at radius 1 is 1.20 bits per heavy atom. The highest BCUT2D eigenvalue weighted by atomic mass is 16.5. The fourth-order valence-electron chi connectivity index (χ4n) is 1.50. The molecule has 0 aromatic heterocycles. The number of hydrogen-bond acceptors (Lipinski definition) is 2. The Labute approximate surface area is 92.6 Å². The lowest BCUT2D eigenvalue weighted by atomic mass is 10.1. The van der Waals surface area contributed by atoms with Crippen molar-refractivity contribution >= 4 is 0 Å². The van der Waals surface area contributed by atoms with Crippen molar-refractivity contribution in [3.05, 3.63) is 29.8 Å². The van der Waals surface area contributed by atoms with Crippen molar-refractivity contribution in [2.75, 3.05) is 13.2 Å². The Morgan fingerprint density at radius 3 is 2.40 bits per heavy atom. The molecule has 0 bridgehead atoms. The molecule has 2 nitrogen and oxygen atoms in total. The van der Waals surface area contributed by atoms with Gasteiger partial charge in [-0.25, -0.2) is 0 Å². The zero-order chi connectivity index (χ0) is 11.1. The fourth-order valence-corrected chi connectivity index (χ4v) is 1.50. The molecule has 1 atom stereocenters. The van der Waals surface area contributed by atoms with Crippen LogP contribution in [0.1, 0.15) is 38.8 Å². The van der Waals surface area contributed by atoms with E-state index < -0.39 is 0 Å². The topological polar surface area (TPSA) is 21.3 Å². The Morgan fingerprint density at radius 2 is 1.87 bits per heavy atom. The molecule has 1 aromatic carbocycles. The summed E-state index contributed by atoms with van der Waals surface area (Å²) in [5.41, 5.74) is 1.31. The van der Waals surface area contributed by atoms with Crippen molar-refractivity contribution in [1.29, 1.82) is 0 Å². The van der Waals surface area contributed by atoms with Gasteiger partial charge in [-0.3, -0.25) is 0 Å². The summed E-state index contributed by atoms with van der Waals surface area (Å²) in [4.78, 5) is 0. The first-order chi connectivity index (χ1) is 7.27. The van der Waals surface area contributed by atoms with E-state index in [1.54, 1.807) is 0 Å². The summed E-state index contributed by atoms with van der Waals surface area (Å²) in [7, 11) is 0. The summed E-state index contributed by atoms with van der Waals surface area (Å²) in [5, 5.41) is 3.38. The van der Waals surface area contributed by atoms with E-state index in [-0.39, 0.29) is 0 Å². The molecule has 0 spiro atoms. The third-order valence-electron chi connectivity index (χ3n) is 2.36. The molecule has 1 aromatic rings. The van der Waals surface area contributed by atoms with Crippen LogP contribution < -0.4 is 10.1 Å². The molecule has 0 aliphatic carbocycles. The van der Waals surface area contributed by atoms with Crippen LogP contribution in [0.5, 0.6) is 5.75 Å². The maximum absolute atomic E-state index is 5.53. The number of nitrogens with one attached hydrogen (secondary N) is 1. The van der Waals surface area contributed by atoms with E-state index in [9.17, 15) is 0 Å². The SMILES string of the molecule is CCCOc1ccc(C(C)NCC)cc1. The van der Waals surface area contributed by atoms with Crippen LogP contribution in [0.15, 0.2) is 24.3 Å². The largest absolute Gasteiger partial charge is 0.494 e. The second-order valence-electron chi connectivity index (χ2n) is 3.70. The van der Waals surface area contributed by atoms with Crippen molar-refractivity contribution in [2.45, 2.75) is 33.2 Å². The van der Waals surface area contributed by atoms with Crippen LogP contribution in [0.25, 0.3) is 0 Å². The maximum atomic E-state index is 5.53. The predicted molar refractivity (Wildman–Crippen MR) is 64.3 cm³/mol. The first-order valence-corrected chi connectivity index (χ1v) is 5.74. The Kier molecular flexibility index (Phi) is 5.19. The highest BCUT2D eigenvalue weighted by molar-refractivity contribution is 5.28. The molecule has 2 heteroatoms. The van der Waals surface area contributed by atoms with Gasteiger partial charge in [0.1, 0.15) is 5.75 Å². The zero-order valence-electron chi connectivity index (χ0n) is 9.92. The first-order valence-electron chi connectivity index (χ1n) is 5.74. The van der Waals surface area contributed by atoms with Gasteiger partial charge in [-0.15, -0.1) is 0 Å². The van der Waals surface area contributed by atoms with E-state index in [0.29, 0.717) is 6.04 Å². The maximum Gasteiger partial charge on any atom is 0.119 e. The highest BCUT2D eigenvalue weighted by Gasteiger charge is 2.02. The van der Waals surface area contributed by atoms with Crippen molar-refractivity contribution < 1.29 is 4.74 Å². The molecule has 0 amide bonds. The lowest BCUT2D eigenvalue weighted by Crippen LogP contribution is -2.17. The predicted octanol–water partition coefficient (Wildman–Crippen LogP) is 3.15. The molecule has 0 heterocycles. The van der Waals surface area contributed by atoms with Gasteiger partial charge >= 0.3 is 0 Å². The average Bonchev–Trinajstić information content (AvgIpc) is 2.27. The number of ether oxygens (including phenoxy) is 1. The van der Waals surface area contributed by atoms with Crippen LogP contribution in [-0.4, -0.2) is 13.2 Å². The van der Waals surface area contributed by atoms with E-state index in [1.165, 1.54) is 5.56 Å². The Balaban J connectivity index is 2.55. The highest BCUT2D eigenvalue weighted by Crippen LogP contribution is 2.17. The molecule has 0 saturated heterocycles. The standard InChI is InChI=1S/C13H21NO/c1-4-10-15-13-8-6-12(7-9-13)11(3)14-5-2/h6-9,11,14H,4-5,10H2,1-3H3. The molecule has 84 valence electrons.